The average molecular weight is 114 g/mol. The third-order valence-electron chi connectivity index (χ3n) is 0.740. The highest BCUT2D eigenvalue weighted by atomic mass is 32.2. The molecule has 0 aromatic carbocycles. The summed E-state index contributed by atoms with van der Waals surface area (Å²) in [5.41, 5.74) is 1.73. The number of nitrogens with one attached hydrogen (secondary N) is 1. The Kier molecular flexibility index (Phi) is 1.46. The van der Waals surface area contributed by atoms with Crippen LogP contribution >= 0.6 is 11.8 Å². The van der Waals surface area contributed by atoms with Crippen LogP contribution in [-0.2, 0) is 0 Å². The van der Waals surface area contributed by atoms with Gasteiger partial charge in [0.1, 0.15) is 5.84 Å². The van der Waals surface area contributed by atoms with Gasteiger partial charge in [-0.15, -0.1) is 11.8 Å². The zero-order valence-corrected chi connectivity index (χ0v) is 4.66. The summed E-state index contributed by atoms with van der Waals surface area (Å²) >= 11 is 1.67. The van der Waals surface area contributed by atoms with Gasteiger partial charge in [-0.3, -0.25) is 5.41 Å². The summed E-state index contributed by atoms with van der Waals surface area (Å²) in [6.45, 7) is 0. The lowest BCUT2D eigenvalue weighted by Gasteiger charge is -1.99. The molecule has 0 unspecified atom stereocenters. The van der Waals surface area contributed by atoms with Gasteiger partial charge in [0, 0.05) is 12.2 Å². The van der Waals surface area contributed by atoms with Gasteiger partial charge < -0.3 is 0 Å². The number of thioether (sulfide) groups is 1. The van der Waals surface area contributed by atoms with Crippen molar-refractivity contribution in [3.63, 3.8) is 0 Å². The number of rotatable bonds is 0. The first kappa shape index (κ1) is 4.84. The van der Waals surface area contributed by atoms with Gasteiger partial charge in [-0.1, -0.05) is 0 Å². The molecule has 7 heavy (non-hydrogen) atoms. The molecular weight excluding hydrogens is 108 g/mol. The second kappa shape index (κ2) is 2.12. The van der Waals surface area contributed by atoms with Crippen molar-refractivity contribution in [1.82, 2.24) is 0 Å². The molecule has 0 saturated heterocycles. The van der Waals surface area contributed by atoms with E-state index in [-0.39, 0.29) is 0 Å². The second-order valence-corrected chi connectivity index (χ2v) is 2.25. The van der Waals surface area contributed by atoms with E-state index in [1.54, 1.807) is 17.3 Å². The molecule has 0 aliphatic carbocycles. The molecule has 0 fully saturated rings. The molecular formula is C4H6N2S. The Morgan fingerprint density at radius 1 is 1.86 bits per heavy atom. The highest BCUT2D eigenvalue weighted by molar-refractivity contribution is 8.12. The molecule has 0 amide bonds. The highest BCUT2D eigenvalue weighted by Crippen LogP contribution is 2.04. The van der Waals surface area contributed by atoms with Gasteiger partial charge >= 0.3 is 0 Å². The first-order valence-electron chi connectivity index (χ1n) is 2.11. The van der Waals surface area contributed by atoms with Crippen LogP contribution < -0.4 is 0 Å². The summed E-state index contributed by atoms with van der Waals surface area (Å²) in [5.74, 6) is 1.54. The Morgan fingerprint density at radius 2 is 2.71 bits per heavy atom. The first-order chi connectivity index (χ1) is 3.39. The molecule has 2 nitrogen and oxygen atoms in total. The van der Waals surface area contributed by atoms with Crippen LogP contribution in [0.25, 0.3) is 0 Å². The summed E-state index contributed by atoms with van der Waals surface area (Å²) < 4.78 is 0. The molecule has 1 aliphatic heterocycles. The summed E-state index contributed by atoms with van der Waals surface area (Å²) in [7, 11) is 0. The Bertz CT molecular complexity index is 108. The maximum absolute atomic E-state index is 6.98. The van der Waals surface area contributed by atoms with Gasteiger partial charge in [-0.25, -0.2) is 4.99 Å². The summed E-state index contributed by atoms with van der Waals surface area (Å²) in [5, 5.41) is 6.98. The Morgan fingerprint density at radius 3 is 3.00 bits per heavy atom. The van der Waals surface area contributed by atoms with Crippen LogP contribution in [-0.4, -0.2) is 17.1 Å². The minimum Gasteiger partial charge on any atom is -0.287 e. The van der Waals surface area contributed by atoms with E-state index in [1.165, 1.54) is 0 Å². The van der Waals surface area contributed by atoms with E-state index in [1.807, 2.05) is 0 Å². The van der Waals surface area contributed by atoms with Crippen LogP contribution in [0.4, 0.5) is 0 Å². The topological polar surface area (TPSA) is 36.2 Å². The van der Waals surface area contributed by atoms with Crippen LogP contribution in [0.2, 0.25) is 0 Å². The molecule has 0 aromatic rings. The maximum Gasteiger partial charge on any atom is 0.121 e. The van der Waals surface area contributed by atoms with E-state index in [0.29, 0.717) is 5.84 Å². The Balaban J connectivity index is 2.51. The molecule has 0 saturated carbocycles. The Labute approximate surface area is 46.5 Å². The van der Waals surface area contributed by atoms with Crippen molar-refractivity contribution in [2.75, 3.05) is 5.75 Å². The smallest absolute Gasteiger partial charge is 0.121 e. The van der Waals surface area contributed by atoms with Gasteiger partial charge in [0.25, 0.3) is 0 Å². The fourth-order valence-corrected chi connectivity index (χ4v) is 0.992. The fourth-order valence-electron chi connectivity index (χ4n) is 0.374. The molecule has 1 N–H and O–H groups in total. The van der Waals surface area contributed by atoms with Gasteiger partial charge in [-0.05, 0) is 0 Å². The summed E-state index contributed by atoms with van der Waals surface area (Å²) in [6, 6.07) is 0. The van der Waals surface area contributed by atoms with Gasteiger partial charge in [-0.2, -0.15) is 0 Å². The number of amidine groups is 1. The van der Waals surface area contributed by atoms with Crippen molar-refractivity contribution in [3.05, 3.63) is 0 Å². The SMILES string of the molecule is N=C1CCSC=N1. The number of hydrogen-bond acceptors (Lipinski definition) is 2. The van der Waals surface area contributed by atoms with Crippen molar-refractivity contribution >= 4 is 23.1 Å². The van der Waals surface area contributed by atoms with Crippen LogP contribution in [0.1, 0.15) is 6.42 Å². The second-order valence-electron chi connectivity index (χ2n) is 1.30. The predicted molar refractivity (Wildman–Crippen MR) is 33.3 cm³/mol. The molecule has 0 radical (unpaired) electrons. The molecule has 1 rings (SSSR count). The van der Waals surface area contributed by atoms with Gasteiger partial charge in [0.15, 0.2) is 0 Å². The van der Waals surface area contributed by atoms with E-state index in [4.69, 9.17) is 5.41 Å². The van der Waals surface area contributed by atoms with Crippen molar-refractivity contribution in [2.24, 2.45) is 4.99 Å². The van der Waals surface area contributed by atoms with E-state index < -0.39 is 0 Å². The molecule has 0 atom stereocenters. The van der Waals surface area contributed by atoms with Gasteiger partial charge in [0.05, 0.1) is 5.55 Å². The molecule has 1 heterocycles. The van der Waals surface area contributed by atoms with Crippen LogP contribution in [0, 0.1) is 5.41 Å². The first-order valence-corrected chi connectivity index (χ1v) is 3.16. The molecule has 0 spiro atoms. The zero-order chi connectivity index (χ0) is 5.11. The number of hydrogen-bond donors (Lipinski definition) is 1. The Hall–Kier alpha value is -0.310. The molecule has 1 aliphatic rings. The highest BCUT2D eigenvalue weighted by Gasteiger charge is 1.96. The van der Waals surface area contributed by atoms with Crippen LogP contribution in [0.15, 0.2) is 4.99 Å². The van der Waals surface area contributed by atoms with Gasteiger partial charge in [0.2, 0.25) is 0 Å². The predicted octanol–water partition coefficient (Wildman–Crippen LogP) is 1.13. The molecule has 38 valence electrons. The summed E-state index contributed by atoms with van der Waals surface area (Å²) in [4.78, 5) is 3.75. The zero-order valence-electron chi connectivity index (χ0n) is 3.85. The third-order valence-corrected chi connectivity index (χ3v) is 1.43. The van der Waals surface area contributed by atoms with E-state index in [2.05, 4.69) is 4.99 Å². The molecule has 0 bridgehead atoms. The van der Waals surface area contributed by atoms with Crippen molar-refractivity contribution < 1.29 is 0 Å². The minimum atomic E-state index is 0.513. The van der Waals surface area contributed by atoms with Crippen molar-refractivity contribution in [2.45, 2.75) is 6.42 Å². The molecule has 0 aromatic heterocycles. The lowest BCUT2D eigenvalue weighted by Crippen LogP contribution is -1.98. The third kappa shape index (κ3) is 1.31. The monoisotopic (exact) mass is 114 g/mol. The van der Waals surface area contributed by atoms with Crippen LogP contribution in [0.5, 0.6) is 0 Å². The van der Waals surface area contributed by atoms with E-state index in [9.17, 15) is 0 Å². The summed E-state index contributed by atoms with van der Waals surface area (Å²) in [6.07, 6.45) is 0.834. The largest absolute Gasteiger partial charge is 0.287 e. The minimum absolute atomic E-state index is 0.513. The average Bonchev–Trinajstić information content (AvgIpc) is 1.69. The van der Waals surface area contributed by atoms with E-state index in [0.717, 1.165) is 12.2 Å². The lowest BCUT2D eigenvalue weighted by atomic mass is 10.4. The normalized spacial score (nSPS) is 20.3. The standard InChI is InChI=1S/C4H6N2S/c5-4-1-2-7-3-6-4/h3,5H,1-2H2. The van der Waals surface area contributed by atoms with Crippen molar-refractivity contribution in [3.8, 4) is 0 Å². The number of aliphatic imine (C=N–C) groups is 1. The fraction of sp³-hybridized carbons (Fsp3) is 0.500. The maximum atomic E-state index is 6.98. The quantitative estimate of drug-likeness (QED) is 0.503. The lowest BCUT2D eigenvalue weighted by molar-refractivity contribution is 1.22. The van der Waals surface area contributed by atoms with Crippen LogP contribution in [0.3, 0.4) is 0 Å². The van der Waals surface area contributed by atoms with E-state index >= 15 is 0 Å². The number of nitrogens with zero attached hydrogens (tertiary/aromatic N) is 1. The molecule has 3 heteroatoms. The van der Waals surface area contributed by atoms with Crippen molar-refractivity contribution in [1.29, 1.82) is 5.41 Å².